The van der Waals surface area contributed by atoms with Gasteiger partial charge in [0.15, 0.2) is 0 Å². The molecule has 1 fully saturated rings. The molecule has 10 heteroatoms. The molecule has 0 atom stereocenters. The van der Waals surface area contributed by atoms with Crippen molar-refractivity contribution >= 4 is 17.3 Å². The minimum Gasteiger partial charge on any atom is -0.487 e. The Bertz CT molecular complexity index is 1430. The number of tetrazole rings is 1. The second kappa shape index (κ2) is 10.4. The maximum Gasteiger partial charge on any atom is 0.225 e. The molecule has 186 valence electrons. The normalized spacial score (nSPS) is 14.1. The van der Waals surface area contributed by atoms with E-state index in [9.17, 15) is 0 Å². The Morgan fingerprint density at radius 1 is 0.946 bits per heavy atom. The summed E-state index contributed by atoms with van der Waals surface area (Å²) in [5.74, 6) is 2.04. The molecule has 6 rings (SSSR count). The number of piperidine rings is 1. The van der Waals surface area contributed by atoms with Crippen LogP contribution in [0.4, 0.5) is 5.95 Å². The number of hydrogen-bond donors (Lipinski definition) is 0. The van der Waals surface area contributed by atoms with Gasteiger partial charge >= 0.3 is 0 Å². The van der Waals surface area contributed by atoms with Crippen LogP contribution in [0.15, 0.2) is 72.6 Å². The monoisotopic (exact) mass is 510 g/mol. The summed E-state index contributed by atoms with van der Waals surface area (Å²) < 4.78 is 7.55. The van der Waals surface area contributed by atoms with E-state index >= 15 is 0 Å². The smallest absolute Gasteiger partial charge is 0.225 e. The number of anilines is 1. The molecule has 4 heterocycles. The van der Waals surface area contributed by atoms with Crippen LogP contribution >= 0.6 is 11.3 Å². The van der Waals surface area contributed by atoms with Gasteiger partial charge in [-0.1, -0.05) is 29.8 Å². The zero-order chi connectivity index (χ0) is 25.0. The first kappa shape index (κ1) is 23.2. The summed E-state index contributed by atoms with van der Waals surface area (Å²) in [4.78, 5) is 16.4. The quantitative estimate of drug-likeness (QED) is 0.307. The molecule has 37 heavy (non-hydrogen) atoms. The van der Waals surface area contributed by atoms with E-state index in [4.69, 9.17) is 9.72 Å². The van der Waals surface area contributed by atoms with E-state index in [0.29, 0.717) is 12.5 Å². The molecule has 0 spiro atoms. The first-order chi connectivity index (χ1) is 18.2. The number of thiazole rings is 1. The molecule has 0 bridgehead atoms. The average Bonchev–Trinajstić information content (AvgIpc) is 3.66. The Morgan fingerprint density at radius 2 is 1.70 bits per heavy atom. The lowest BCUT2D eigenvalue weighted by Crippen LogP contribution is -2.34. The van der Waals surface area contributed by atoms with E-state index < -0.39 is 0 Å². The van der Waals surface area contributed by atoms with Crippen LogP contribution < -0.4 is 9.64 Å². The number of aryl methyl sites for hydroxylation is 1. The Morgan fingerprint density at radius 3 is 2.41 bits per heavy atom. The summed E-state index contributed by atoms with van der Waals surface area (Å²) in [6.45, 7) is 4.38. The van der Waals surface area contributed by atoms with Crippen molar-refractivity contribution in [1.82, 2.24) is 35.2 Å². The Kier molecular flexibility index (Phi) is 6.55. The zero-order valence-corrected chi connectivity index (χ0v) is 21.3. The van der Waals surface area contributed by atoms with Crippen molar-refractivity contribution in [3.8, 4) is 22.6 Å². The summed E-state index contributed by atoms with van der Waals surface area (Å²) >= 11 is 1.72. The van der Waals surface area contributed by atoms with Gasteiger partial charge in [-0.3, -0.25) is 0 Å². The van der Waals surface area contributed by atoms with Crippen molar-refractivity contribution < 1.29 is 4.74 Å². The predicted molar refractivity (Wildman–Crippen MR) is 142 cm³/mol. The van der Waals surface area contributed by atoms with Crippen molar-refractivity contribution in [1.29, 1.82) is 0 Å². The molecule has 3 aromatic heterocycles. The molecule has 9 nitrogen and oxygen atoms in total. The third kappa shape index (κ3) is 5.34. The van der Waals surface area contributed by atoms with Crippen LogP contribution in [-0.4, -0.2) is 48.2 Å². The first-order valence-corrected chi connectivity index (χ1v) is 13.1. The van der Waals surface area contributed by atoms with E-state index in [1.54, 1.807) is 22.3 Å². The lowest BCUT2D eigenvalue weighted by molar-refractivity contribution is 0.301. The lowest BCUT2D eigenvalue weighted by atomic mass is 9.98. The van der Waals surface area contributed by atoms with Crippen molar-refractivity contribution in [2.24, 2.45) is 0 Å². The van der Waals surface area contributed by atoms with Gasteiger partial charge in [-0.15, -0.1) is 16.4 Å². The van der Waals surface area contributed by atoms with Crippen LogP contribution in [0.2, 0.25) is 0 Å². The highest BCUT2D eigenvalue weighted by atomic mass is 32.1. The van der Waals surface area contributed by atoms with Crippen LogP contribution in [0.3, 0.4) is 0 Å². The number of benzene rings is 2. The zero-order valence-electron chi connectivity index (χ0n) is 20.4. The molecule has 0 unspecified atom stereocenters. The third-order valence-electron chi connectivity index (χ3n) is 6.56. The lowest BCUT2D eigenvalue weighted by Gasteiger charge is -2.31. The van der Waals surface area contributed by atoms with Crippen LogP contribution in [0, 0.1) is 6.92 Å². The number of ether oxygens (including phenoxy) is 1. The molecular formula is C27H26N8OS. The number of nitrogens with zero attached hydrogens (tertiary/aromatic N) is 8. The molecular weight excluding hydrogens is 484 g/mol. The van der Waals surface area contributed by atoms with Crippen LogP contribution in [0.1, 0.15) is 35.0 Å². The molecule has 0 aliphatic carbocycles. The number of aromatic nitrogens is 7. The van der Waals surface area contributed by atoms with Gasteiger partial charge in [0.2, 0.25) is 5.95 Å². The van der Waals surface area contributed by atoms with Gasteiger partial charge in [-0.2, -0.15) is 0 Å². The van der Waals surface area contributed by atoms with Gasteiger partial charge in [0.05, 0.1) is 16.4 Å². The van der Waals surface area contributed by atoms with Gasteiger partial charge in [0, 0.05) is 42.3 Å². The van der Waals surface area contributed by atoms with E-state index in [0.717, 1.165) is 60.1 Å². The molecule has 0 N–H and O–H groups in total. The molecule has 1 saturated heterocycles. The topological polar surface area (TPSA) is 94.7 Å². The second-order valence-corrected chi connectivity index (χ2v) is 10.0. The fourth-order valence-electron chi connectivity index (χ4n) is 4.41. The molecule has 0 saturated carbocycles. The van der Waals surface area contributed by atoms with E-state index in [-0.39, 0.29) is 0 Å². The number of hydrogen-bond acceptors (Lipinski definition) is 9. The largest absolute Gasteiger partial charge is 0.487 e. The Balaban J connectivity index is 1.01. The van der Waals surface area contributed by atoms with E-state index in [1.165, 1.54) is 10.6 Å². The molecule has 2 aromatic carbocycles. The van der Waals surface area contributed by atoms with Gasteiger partial charge in [-0.05, 0) is 60.0 Å². The summed E-state index contributed by atoms with van der Waals surface area (Å²) in [5.41, 5.74) is 5.27. The van der Waals surface area contributed by atoms with E-state index in [2.05, 4.69) is 67.0 Å². The van der Waals surface area contributed by atoms with Crippen LogP contribution in [0.5, 0.6) is 5.75 Å². The SMILES string of the molecule is Cc1ccc(-c2cnc(N3CCC(c4nc(COc5ccc(-n6cnnn6)cc5)cs4)CC3)nc2)cc1. The van der Waals surface area contributed by atoms with Crippen molar-refractivity contribution in [2.75, 3.05) is 18.0 Å². The Hall–Kier alpha value is -4.18. The van der Waals surface area contributed by atoms with Gasteiger partial charge in [0.25, 0.3) is 0 Å². The number of rotatable bonds is 7. The van der Waals surface area contributed by atoms with Crippen molar-refractivity contribution in [3.05, 3.63) is 88.9 Å². The van der Waals surface area contributed by atoms with Gasteiger partial charge in [0.1, 0.15) is 18.7 Å². The molecule has 1 aliphatic heterocycles. The highest BCUT2D eigenvalue weighted by Gasteiger charge is 2.24. The standard InChI is InChI=1S/C27H26N8OS/c1-19-2-4-20(5-3-19)22-14-28-27(29-15-22)34-12-10-21(11-13-34)26-31-23(17-37-26)16-36-25-8-6-24(7-9-25)35-18-30-32-33-35/h2-9,14-15,17-18,21H,10-13,16H2,1H3. The second-order valence-electron chi connectivity index (χ2n) is 9.11. The minimum atomic E-state index is 0.445. The summed E-state index contributed by atoms with van der Waals surface area (Å²) in [5, 5.41) is 14.5. The van der Waals surface area contributed by atoms with Crippen LogP contribution in [0.25, 0.3) is 16.8 Å². The van der Waals surface area contributed by atoms with E-state index in [1.807, 2.05) is 36.7 Å². The van der Waals surface area contributed by atoms with Gasteiger partial charge in [-0.25, -0.2) is 19.6 Å². The van der Waals surface area contributed by atoms with Crippen molar-refractivity contribution in [3.63, 3.8) is 0 Å². The fraction of sp³-hybridized carbons (Fsp3) is 0.259. The van der Waals surface area contributed by atoms with Crippen molar-refractivity contribution in [2.45, 2.75) is 32.3 Å². The summed E-state index contributed by atoms with van der Waals surface area (Å²) in [7, 11) is 0. The molecule has 1 aliphatic rings. The maximum atomic E-state index is 5.95. The average molecular weight is 511 g/mol. The minimum absolute atomic E-state index is 0.445. The summed E-state index contributed by atoms with van der Waals surface area (Å²) in [6, 6.07) is 16.1. The summed E-state index contributed by atoms with van der Waals surface area (Å²) in [6.07, 6.45) is 7.48. The Labute approximate surface area is 218 Å². The molecule has 0 amide bonds. The van der Waals surface area contributed by atoms with Crippen LogP contribution in [-0.2, 0) is 6.61 Å². The maximum absolute atomic E-state index is 5.95. The fourth-order valence-corrected chi connectivity index (χ4v) is 5.39. The molecule has 5 aromatic rings. The van der Waals surface area contributed by atoms with Gasteiger partial charge < -0.3 is 9.64 Å². The predicted octanol–water partition coefficient (Wildman–Crippen LogP) is 4.85. The highest BCUT2D eigenvalue weighted by Crippen LogP contribution is 2.32. The molecule has 0 radical (unpaired) electrons. The highest BCUT2D eigenvalue weighted by molar-refractivity contribution is 7.09. The first-order valence-electron chi connectivity index (χ1n) is 12.3. The third-order valence-corrected chi connectivity index (χ3v) is 7.61.